The third-order valence-electron chi connectivity index (χ3n) is 3.75. The van der Waals surface area contributed by atoms with Crippen LogP contribution in [0, 0.1) is 5.92 Å². The molecule has 0 atom stereocenters. The van der Waals surface area contributed by atoms with Gasteiger partial charge in [0.2, 0.25) is 0 Å². The van der Waals surface area contributed by atoms with E-state index in [0.717, 1.165) is 12.3 Å². The zero-order chi connectivity index (χ0) is 11.1. The minimum atomic E-state index is 1.01. The summed E-state index contributed by atoms with van der Waals surface area (Å²) < 4.78 is 0. The van der Waals surface area contributed by atoms with Crippen LogP contribution in [-0.4, -0.2) is 4.98 Å². The first kappa shape index (κ1) is 11.6. The molecular formula is C15H23N. The molecule has 1 nitrogen and oxygen atoms in total. The predicted molar refractivity (Wildman–Crippen MR) is 68.4 cm³/mol. The maximum Gasteiger partial charge on any atom is 0.0403 e. The summed E-state index contributed by atoms with van der Waals surface area (Å²) in [5, 5.41) is 0. The molecule has 1 aliphatic carbocycles. The summed E-state index contributed by atoms with van der Waals surface area (Å²) >= 11 is 0. The van der Waals surface area contributed by atoms with Crippen LogP contribution in [0.2, 0.25) is 0 Å². The van der Waals surface area contributed by atoms with E-state index in [4.69, 9.17) is 0 Å². The molecule has 16 heavy (non-hydrogen) atoms. The van der Waals surface area contributed by atoms with Crippen molar-refractivity contribution in [3.05, 3.63) is 30.1 Å². The Balaban J connectivity index is 1.67. The van der Waals surface area contributed by atoms with Crippen LogP contribution >= 0.6 is 0 Å². The fourth-order valence-corrected chi connectivity index (χ4v) is 2.77. The lowest BCUT2D eigenvalue weighted by Crippen LogP contribution is -2.00. The van der Waals surface area contributed by atoms with Gasteiger partial charge in [0.25, 0.3) is 0 Å². The highest BCUT2D eigenvalue weighted by Gasteiger charge is 2.11. The van der Waals surface area contributed by atoms with E-state index in [0.29, 0.717) is 0 Å². The first-order valence-corrected chi connectivity index (χ1v) is 6.85. The Morgan fingerprint density at radius 2 is 1.88 bits per heavy atom. The first-order valence-electron chi connectivity index (χ1n) is 6.85. The summed E-state index contributed by atoms with van der Waals surface area (Å²) in [6.07, 6.45) is 14.6. The van der Waals surface area contributed by atoms with Crippen molar-refractivity contribution >= 4 is 0 Å². The van der Waals surface area contributed by atoms with Crippen LogP contribution in [0.3, 0.4) is 0 Å². The minimum Gasteiger partial charge on any atom is -0.261 e. The Bertz CT molecular complexity index is 273. The van der Waals surface area contributed by atoms with Gasteiger partial charge in [-0.2, -0.15) is 0 Å². The van der Waals surface area contributed by atoms with E-state index in [1.807, 2.05) is 12.3 Å². The van der Waals surface area contributed by atoms with Crippen LogP contribution in [-0.2, 0) is 6.42 Å². The molecule has 1 aliphatic rings. The van der Waals surface area contributed by atoms with Crippen LogP contribution < -0.4 is 0 Å². The van der Waals surface area contributed by atoms with Crippen molar-refractivity contribution in [3.63, 3.8) is 0 Å². The summed E-state index contributed by atoms with van der Waals surface area (Å²) in [5.41, 5.74) is 1.26. The molecule has 0 bridgehead atoms. The molecule has 0 N–H and O–H groups in total. The number of pyridine rings is 1. The molecule has 0 amide bonds. The van der Waals surface area contributed by atoms with E-state index in [-0.39, 0.29) is 0 Å². The average Bonchev–Trinajstić information content (AvgIpc) is 2.59. The Hall–Kier alpha value is -0.850. The van der Waals surface area contributed by atoms with Crippen LogP contribution in [0.4, 0.5) is 0 Å². The van der Waals surface area contributed by atoms with Crippen molar-refractivity contribution < 1.29 is 0 Å². The van der Waals surface area contributed by atoms with Gasteiger partial charge in [-0.1, -0.05) is 51.0 Å². The Kier molecular flexibility index (Phi) is 4.85. The topological polar surface area (TPSA) is 12.9 Å². The van der Waals surface area contributed by atoms with Crippen LogP contribution in [0.1, 0.15) is 57.1 Å². The quantitative estimate of drug-likeness (QED) is 0.682. The Morgan fingerprint density at radius 3 is 2.56 bits per heavy atom. The zero-order valence-electron chi connectivity index (χ0n) is 10.2. The molecule has 1 heterocycles. The number of aryl methyl sites for hydroxylation is 1. The van der Waals surface area contributed by atoms with Gasteiger partial charge < -0.3 is 0 Å². The largest absolute Gasteiger partial charge is 0.261 e. The van der Waals surface area contributed by atoms with Gasteiger partial charge in [-0.15, -0.1) is 0 Å². The van der Waals surface area contributed by atoms with Crippen molar-refractivity contribution in [2.75, 3.05) is 0 Å². The summed E-state index contributed by atoms with van der Waals surface area (Å²) in [5.74, 6) is 1.01. The number of nitrogens with zero attached hydrogens (tertiary/aromatic N) is 1. The number of rotatable bonds is 4. The molecular weight excluding hydrogens is 194 g/mol. The van der Waals surface area contributed by atoms with Gasteiger partial charge in [-0.05, 0) is 30.9 Å². The maximum absolute atomic E-state index is 4.38. The Labute approximate surface area is 99.3 Å². The highest BCUT2D eigenvalue weighted by molar-refractivity contribution is 5.03. The minimum absolute atomic E-state index is 1.01. The zero-order valence-corrected chi connectivity index (χ0v) is 10.2. The van der Waals surface area contributed by atoms with Crippen molar-refractivity contribution in [3.8, 4) is 0 Å². The van der Waals surface area contributed by atoms with Gasteiger partial charge in [0.05, 0.1) is 0 Å². The normalized spacial score (nSPS) is 18.2. The van der Waals surface area contributed by atoms with E-state index in [2.05, 4.69) is 17.1 Å². The monoisotopic (exact) mass is 217 g/mol. The standard InChI is InChI=1S/C15H23N/c1-2-4-9-14(8-3-1)10-7-12-15-11-5-6-13-16-15/h5-6,11,13-14H,1-4,7-10,12H2. The van der Waals surface area contributed by atoms with Gasteiger partial charge in [0.15, 0.2) is 0 Å². The molecule has 0 saturated heterocycles. The summed E-state index contributed by atoms with van der Waals surface area (Å²) in [4.78, 5) is 4.38. The van der Waals surface area contributed by atoms with Crippen LogP contribution in [0.5, 0.6) is 0 Å². The number of hydrogen-bond donors (Lipinski definition) is 0. The molecule has 1 aromatic heterocycles. The molecule has 1 aromatic rings. The summed E-state index contributed by atoms with van der Waals surface area (Å²) in [7, 11) is 0. The number of aromatic nitrogens is 1. The maximum atomic E-state index is 4.38. The second-order valence-electron chi connectivity index (χ2n) is 5.07. The average molecular weight is 217 g/mol. The summed E-state index contributed by atoms with van der Waals surface area (Å²) in [6, 6.07) is 6.23. The van der Waals surface area contributed by atoms with E-state index in [1.165, 1.54) is 57.1 Å². The lowest BCUT2D eigenvalue weighted by molar-refractivity contribution is 0.415. The molecule has 1 fully saturated rings. The molecule has 0 aliphatic heterocycles. The number of hydrogen-bond acceptors (Lipinski definition) is 1. The molecule has 2 rings (SSSR count). The highest BCUT2D eigenvalue weighted by atomic mass is 14.7. The van der Waals surface area contributed by atoms with Crippen molar-refractivity contribution in [1.82, 2.24) is 4.98 Å². The summed E-state index contributed by atoms with van der Waals surface area (Å²) in [6.45, 7) is 0. The lowest BCUT2D eigenvalue weighted by Gasteiger charge is -2.13. The van der Waals surface area contributed by atoms with E-state index >= 15 is 0 Å². The predicted octanol–water partition coefficient (Wildman–Crippen LogP) is 4.37. The smallest absolute Gasteiger partial charge is 0.0403 e. The molecule has 0 radical (unpaired) electrons. The molecule has 0 spiro atoms. The van der Waals surface area contributed by atoms with Crippen LogP contribution in [0.15, 0.2) is 24.4 Å². The second kappa shape index (κ2) is 6.67. The van der Waals surface area contributed by atoms with E-state index in [9.17, 15) is 0 Å². The van der Waals surface area contributed by atoms with Crippen molar-refractivity contribution in [2.45, 2.75) is 57.8 Å². The molecule has 88 valence electrons. The van der Waals surface area contributed by atoms with Gasteiger partial charge in [0, 0.05) is 11.9 Å². The molecule has 0 aromatic carbocycles. The van der Waals surface area contributed by atoms with Crippen LogP contribution in [0.25, 0.3) is 0 Å². The molecule has 1 saturated carbocycles. The fourth-order valence-electron chi connectivity index (χ4n) is 2.77. The van der Waals surface area contributed by atoms with Gasteiger partial charge in [-0.3, -0.25) is 4.98 Å². The highest BCUT2D eigenvalue weighted by Crippen LogP contribution is 2.26. The fraction of sp³-hybridized carbons (Fsp3) is 0.667. The third kappa shape index (κ3) is 3.96. The van der Waals surface area contributed by atoms with Crippen molar-refractivity contribution in [1.29, 1.82) is 0 Å². The molecule has 0 unspecified atom stereocenters. The van der Waals surface area contributed by atoms with E-state index < -0.39 is 0 Å². The third-order valence-corrected chi connectivity index (χ3v) is 3.75. The van der Waals surface area contributed by atoms with Gasteiger partial charge >= 0.3 is 0 Å². The Morgan fingerprint density at radius 1 is 1.06 bits per heavy atom. The van der Waals surface area contributed by atoms with E-state index in [1.54, 1.807) is 0 Å². The van der Waals surface area contributed by atoms with Crippen molar-refractivity contribution in [2.24, 2.45) is 5.92 Å². The van der Waals surface area contributed by atoms with Gasteiger partial charge in [-0.25, -0.2) is 0 Å². The SMILES string of the molecule is c1ccc(CCCC2CCCCCC2)nc1. The lowest BCUT2D eigenvalue weighted by atomic mass is 9.94. The molecule has 1 heteroatoms. The second-order valence-corrected chi connectivity index (χ2v) is 5.07. The first-order chi connectivity index (χ1) is 7.95. The van der Waals surface area contributed by atoms with Gasteiger partial charge in [0.1, 0.15) is 0 Å².